The molecule has 0 aromatic heterocycles. The topological polar surface area (TPSA) is 41.1 Å². The molecule has 0 aliphatic heterocycles. The van der Waals surface area contributed by atoms with Crippen LogP contribution in [-0.2, 0) is 4.79 Å². The maximum absolute atomic E-state index is 11.6. The molecule has 0 radical (unpaired) electrons. The Balaban J connectivity index is 2.64. The van der Waals surface area contributed by atoms with Crippen molar-refractivity contribution in [1.82, 2.24) is 5.32 Å². The third-order valence-electron chi connectivity index (χ3n) is 2.12. The molecule has 17 heavy (non-hydrogen) atoms. The molecule has 92 valence electrons. The summed E-state index contributed by atoms with van der Waals surface area (Å²) in [4.78, 5) is 11.6. The Morgan fingerprint density at radius 2 is 2.35 bits per heavy atom. The summed E-state index contributed by atoms with van der Waals surface area (Å²) < 4.78 is 0.900. The number of rotatable bonds is 5. The zero-order valence-corrected chi connectivity index (χ0v) is 11.8. The Hall–Kier alpha value is -1.000. The largest absolute Gasteiger partial charge is 0.373 e. The third-order valence-corrected chi connectivity index (χ3v) is 2.92. The molecule has 0 aliphatic rings. The van der Waals surface area contributed by atoms with Crippen molar-refractivity contribution in [2.24, 2.45) is 0 Å². The predicted molar refractivity (Wildman–Crippen MR) is 75.4 cm³/mol. The van der Waals surface area contributed by atoms with E-state index in [1.807, 2.05) is 12.1 Å². The molecule has 1 rings (SSSR count). The van der Waals surface area contributed by atoms with Crippen LogP contribution < -0.4 is 10.6 Å². The minimum atomic E-state index is -0.353. The van der Waals surface area contributed by atoms with Crippen LogP contribution >= 0.6 is 27.5 Å². The van der Waals surface area contributed by atoms with Gasteiger partial charge in [-0.05, 0) is 25.1 Å². The highest BCUT2D eigenvalue weighted by Gasteiger charge is 2.12. The molecular formula is C12H14BrClN2O. The number of hydrogen-bond acceptors (Lipinski definition) is 2. The molecule has 0 spiro atoms. The second-order valence-electron chi connectivity index (χ2n) is 3.52. The average molecular weight is 318 g/mol. The quantitative estimate of drug-likeness (QED) is 0.819. The maximum Gasteiger partial charge on any atom is 0.242 e. The first-order chi connectivity index (χ1) is 8.04. The van der Waals surface area contributed by atoms with Crippen LogP contribution in [0.3, 0.4) is 0 Å². The Bertz CT molecular complexity index is 423. The molecule has 2 N–H and O–H groups in total. The standard InChI is InChI=1S/C12H14BrClN2O/c1-3-6-15-12(17)8(2)16-11-5-4-9(13)7-10(11)14/h3-5,7-8,16H,1,6H2,2H3,(H,15,17). The molecule has 1 unspecified atom stereocenters. The van der Waals surface area contributed by atoms with Crippen molar-refractivity contribution in [3.05, 3.63) is 40.3 Å². The van der Waals surface area contributed by atoms with E-state index in [4.69, 9.17) is 11.6 Å². The lowest BCUT2D eigenvalue weighted by Crippen LogP contribution is -2.37. The second kappa shape index (κ2) is 6.67. The lowest BCUT2D eigenvalue weighted by Gasteiger charge is -2.15. The van der Waals surface area contributed by atoms with Gasteiger partial charge in [0, 0.05) is 11.0 Å². The highest BCUT2D eigenvalue weighted by molar-refractivity contribution is 9.10. The van der Waals surface area contributed by atoms with E-state index in [-0.39, 0.29) is 11.9 Å². The summed E-state index contributed by atoms with van der Waals surface area (Å²) in [5.41, 5.74) is 0.733. The molecule has 1 aromatic rings. The Labute approximate surface area is 114 Å². The normalized spacial score (nSPS) is 11.7. The van der Waals surface area contributed by atoms with E-state index in [1.165, 1.54) is 0 Å². The molecule has 3 nitrogen and oxygen atoms in total. The SMILES string of the molecule is C=CCNC(=O)C(C)Nc1ccc(Br)cc1Cl. The van der Waals surface area contributed by atoms with Gasteiger partial charge in [0.1, 0.15) is 6.04 Å². The summed E-state index contributed by atoms with van der Waals surface area (Å²) in [6.45, 7) is 5.77. The van der Waals surface area contributed by atoms with Crippen molar-refractivity contribution < 1.29 is 4.79 Å². The van der Waals surface area contributed by atoms with Crippen molar-refractivity contribution in [3.8, 4) is 0 Å². The lowest BCUT2D eigenvalue weighted by atomic mass is 10.2. The van der Waals surface area contributed by atoms with Gasteiger partial charge in [-0.2, -0.15) is 0 Å². The van der Waals surface area contributed by atoms with Gasteiger partial charge >= 0.3 is 0 Å². The van der Waals surface area contributed by atoms with Crippen LogP contribution in [0.4, 0.5) is 5.69 Å². The predicted octanol–water partition coefficient (Wildman–Crippen LogP) is 3.21. The Morgan fingerprint density at radius 3 is 2.94 bits per heavy atom. The van der Waals surface area contributed by atoms with Crippen molar-refractivity contribution in [2.75, 3.05) is 11.9 Å². The fourth-order valence-corrected chi connectivity index (χ4v) is 1.96. The average Bonchev–Trinajstić information content (AvgIpc) is 2.29. The number of hydrogen-bond donors (Lipinski definition) is 2. The zero-order chi connectivity index (χ0) is 12.8. The number of carbonyl (C=O) groups excluding carboxylic acids is 1. The van der Waals surface area contributed by atoms with Gasteiger partial charge in [-0.3, -0.25) is 4.79 Å². The van der Waals surface area contributed by atoms with E-state index >= 15 is 0 Å². The van der Waals surface area contributed by atoms with Gasteiger partial charge in [0.15, 0.2) is 0 Å². The van der Waals surface area contributed by atoms with Crippen LogP contribution in [0.15, 0.2) is 35.3 Å². The second-order valence-corrected chi connectivity index (χ2v) is 4.85. The number of carbonyl (C=O) groups is 1. The monoisotopic (exact) mass is 316 g/mol. The summed E-state index contributed by atoms with van der Waals surface area (Å²) in [5, 5.41) is 6.33. The lowest BCUT2D eigenvalue weighted by molar-refractivity contribution is -0.121. The van der Waals surface area contributed by atoms with Crippen LogP contribution in [0.25, 0.3) is 0 Å². The summed E-state index contributed by atoms with van der Waals surface area (Å²) >= 11 is 9.37. The molecule has 5 heteroatoms. The van der Waals surface area contributed by atoms with E-state index in [2.05, 4.69) is 33.1 Å². The van der Waals surface area contributed by atoms with Crippen molar-refractivity contribution >= 4 is 39.1 Å². The molecule has 0 saturated carbocycles. The van der Waals surface area contributed by atoms with Crippen molar-refractivity contribution in [3.63, 3.8) is 0 Å². The highest BCUT2D eigenvalue weighted by atomic mass is 79.9. The van der Waals surface area contributed by atoms with Crippen molar-refractivity contribution in [1.29, 1.82) is 0 Å². The van der Waals surface area contributed by atoms with Gasteiger partial charge in [-0.25, -0.2) is 0 Å². The molecule has 0 fully saturated rings. The molecular weight excluding hydrogens is 304 g/mol. The van der Waals surface area contributed by atoms with Gasteiger partial charge < -0.3 is 10.6 Å². The van der Waals surface area contributed by atoms with E-state index in [0.29, 0.717) is 11.6 Å². The smallest absolute Gasteiger partial charge is 0.242 e. The van der Waals surface area contributed by atoms with Crippen LogP contribution in [0.5, 0.6) is 0 Å². The van der Waals surface area contributed by atoms with Crippen LogP contribution in [0, 0.1) is 0 Å². The van der Waals surface area contributed by atoms with Gasteiger partial charge in [0.05, 0.1) is 10.7 Å². The van der Waals surface area contributed by atoms with E-state index in [1.54, 1.807) is 19.1 Å². The summed E-state index contributed by atoms with van der Waals surface area (Å²) in [7, 11) is 0. The first kappa shape index (κ1) is 14.1. The van der Waals surface area contributed by atoms with Gasteiger partial charge in [-0.1, -0.05) is 33.6 Å². The molecule has 1 aromatic carbocycles. The number of halogens is 2. The fraction of sp³-hybridized carbons (Fsp3) is 0.250. The summed E-state index contributed by atoms with van der Waals surface area (Å²) in [6, 6.07) is 5.11. The molecule has 1 atom stereocenters. The molecule has 0 saturated heterocycles. The first-order valence-electron chi connectivity index (χ1n) is 5.14. The van der Waals surface area contributed by atoms with E-state index in [0.717, 1.165) is 10.2 Å². The number of benzene rings is 1. The van der Waals surface area contributed by atoms with Gasteiger partial charge in [-0.15, -0.1) is 6.58 Å². The minimum Gasteiger partial charge on any atom is -0.373 e. The third kappa shape index (κ3) is 4.40. The number of nitrogens with one attached hydrogen (secondary N) is 2. The molecule has 1 amide bonds. The highest BCUT2D eigenvalue weighted by Crippen LogP contribution is 2.26. The van der Waals surface area contributed by atoms with Gasteiger partial charge in [0.25, 0.3) is 0 Å². The van der Waals surface area contributed by atoms with Crippen LogP contribution in [-0.4, -0.2) is 18.5 Å². The van der Waals surface area contributed by atoms with E-state index < -0.39 is 0 Å². The zero-order valence-electron chi connectivity index (χ0n) is 9.47. The minimum absolute atomic E-state index is 0.0936. The number of anilines is 1. The van der Waals surface area contributed by atoms with Crippen molar-refractivity contribution in [2.45, 2.75) is 13.0 Å². The number of amides is 1. The maximum atomic E-state index is 11.6. The van der Waals surface area contributed by atoms with Crippen LogP contribution in [0.1, 0.15) is 6.92 Å². The Morgan fingerprint density at radius 1 is 1.65 bits per heavy atom. The van der Waals surface area contributed by atoms with Gasteiger partial charge in [0.2, 0.25) is 5.91 Å². The van der Waals surface area contributed by atoms with Crippen LogP contribution in [0.2, 0.25) is 5.02 Å². The first-order valence-corrected chi connectivity index (χ1v) is 6.32. The molecule has 0 bridgehead atoms. The summed E-state index contributed by atoms with van der Waals surface area (Å²) in [5.74, 6) is -0.0936. The molecule has 0 aliphatic carbocycles. The fourth-order valence-electron chi connectivity index (χ4n) is 1.23. The molecule has 0 heterocycles. The van der Waals surface area contributed by atoms with E-state index in [9.17, 15) is 4.79 Å². The Kier molecular flexibility index (Phi) is 5.51. The summed E-state index contributed by atoms with van der Waals surface area (Å²) in [6.07, 6.45) is 1.64.